The molecule has 2 saturated heterocycles. The number of nitrogens with zero attached hydrogens (tertiary/aromatic N) is 1. The van der Waals surface area contributed by atoms with Crippen molar-refractivity contribution in [2.45, 2.75) is 63.8 Å². The van der Waals surface area contributed by atoms with Gasteiger partial charge in [-0.25, -0.2) is 0 Å². The molecular weight excluding hydrogens is 248 g/mol. The summed E-state index contributed by atoms with van der Waals surface area (Å²) in [6.45, 7) is 5.25. The number of rotatable bonds is 3. The van der Waals surface area contributed by atoms with Gasteiger partial charge in [0.05, 0.1) is 6.61 Å². The molecule has 0 aromatic rings. The molecule has 0 bridgehead atoms. The van der Waals surface area contributed by atoms with Gasteiger partial charge in [-0.05, 0) is 62.9 Å². The third-order valence-corrected chi connectivity index (χ3v) is 6.22. The van der Waals surface area contributed by atoms with Crippen molar-refractivity contribution in [3.05, 3.63) is 0 Å². The molecule has 0 aromatic heterocycles. The Morgan fingerprint density at radius 3 is 2.40 bits per heavy atom. The Kier molecular flexibility index (Phi) is 5.00. The Hall–Kier alpha value is -0.120. The molecule has 2 N–H and O–H groups in total. The van der Waals surface area contributed by atoms with Crippen LogP contribution in [0.3, 0.4) is 0 Å². The van der Waals surface area contributed by atoms with Crippen LogP contribution in [0.1, 0.15) is 57.8 Å². The monoisotopic (exact) mass is 280 g/mol. The Bertz CT molecular complexity index is 285. The SMILES string of the molecule is NCC(C1CCCOC1)N1CCC2(CCCCC2)CC1. The van der Waals surface area contributed by atoms with Crippen molar-refractivity contribution in [3.8, 4) is 0 Å². The molecule has 2 heterocycles. The summed E-state index contributed by atoms with van der Waals surface area (Å²) in [7, 11) is 0. The van der Waals surface area contributed by atoms with Gasteiger partial charge in [0, 0.05) is 19.2 Å². The van der Waals surface area contributed by atoms with Crippen LogP contribution in [-0.2, 0) is 4.74 Å². The van der Waals surface area contributed by atoms with Crippen molar-refractivity contribution in [2.75, 3.05) is 32.8 Å². The van der Waals surface area contributed by atoms with E-state index in [0.717, 1.165) is 19.8 Å². The molecule has 0 aromatic carbocycles. The van der Waals surface area contributed by atoms with E-state index in [4.69, 9.17) is 10.5 Å². The first kappa shape index (κ1) is 14.8. The molecule has 20 heavy (non-hydrogen) atoms. The average Bonchev–Trinajstić information content (AvgIpc) is 2.52. The van der Waals surface area contributed by atoms with Crippen molar-refractivity contribution in [2.24, 2.45) is 17.1 Å². The van der Waals surface area contributed by atoms with Crippen molar-refractivity contribution >= 4 is 0 Å². The zero-order chi connectivity index (χ0) is 13.8. The van der Waals surface area contributed by atoms with E-state index in [1.165, 1.54) is 70.9 Å². The maximum atomic E-state index is 6.11. The van der Waals surface area contributed by atoms with Gasteiger partial charge in [0.25, 0.3) is 0 Å². The van der Waals surface area contributed by atoms with Gasteiger partial charge < -0.3 is 10.5 Å². The summed E-state index contributed by atoms with van der Waals surface area (Å²) in [5, 5.41) is 0. The van der Waals surface area contributed by atoms with E-state index >= 15 is 0 Å². The van der Waals surface area contributed by atoms with E-state index in [1.807, 2.05) is 0 Å². The topological polar surface area (TPSA) is 38.5 Å². The van der Waals surface area contributed by atoms with Crippen molar-refractivity contribution in [3.63, 3.8) is 0 Å². The molecule has 0 amide bonds. The van der Waals surface area contributed by atoms with Crippen LogP contribution in [0, 0.1) is 11.3 Å². The highest BCUT2D eigenvalue weighted by molar-refractivity contribution is 4.92. The molecule has 3 fully saturated rings. The second-order valence-electron chi connectivity index (χ2n) is 7.38. The van der Waals surface area contributed by atoms with Crippen LogP contribution in [0.5, 0.6) is 0 Å². The number of ether oxygens (including phenoxy) is 1. The molecule has 2 aliphatic heterocycles. The van der Waals surface area contributed by atoms with E-state index in [1.54, 1.807) is 0 Å². The van der Waals surface area contributed by atoms with Crippen LogP contribution >= 0.6 is 0 Å². The van der Waals surface area contributed by atoms with E-state index in [0.29, 0.717) is 17.4 Å². The zero-order valence-electron chi connectivity index (χ0n) is 13.0. The molecule has 3 aliphatic rings. The lowest BCUT2D eigenvalue weighted by molar-refractivity contribution is -0.0149. The number of likely N-dealkylation sites (tertiary alicyclic amines) is 1. The molecular formula is C17H32N2O. The van der Waals surface area contributed by atoms with E-state index in [-0.39, 0.29) is 0 Å². The Morgan fingerprint density at radius 2 is 1.80 bits per heavy atom. The predicted octanol–water partition coefficient (Wildman–Crippen LogP) is 2.79. The fourth-order valence-corrected chi connectivity index (χ4v) is 4.84. The minimum atomic E-state index is 0.566. The largest absolute Gasteiger partial charge is 0.381 e. The van der Waals surface area contributed by atoms with Crippen LogP contribution in [0.4, 0.5) is 0 Å². The smallest absolute Gasteiger partial charge is 0.0509 e. The Balaban J connectivity index is 1.55. The second kappa shape index (κ2) is 6.76. The molecule has 2 unspecified atom stereocenters. The summed E-state index contributed by atoms with van der Waals surface area (Å²) in [4.78, 5) is 2.69. The third kappa shape index (κ3) is 3.20. The lowest BCUT2D eigenvalue weighted by Crippen LogP contribution is -2.52. The Labute approximate surface area is 124 Å². The molecule has 3 heteroatoms. The van der Waals surface area contributed by atoms with Crippen LogP contribution in [0.15, 0.2) is 0 Å². The fraction of sp³-hybridized carbons (Fsp3) is 1.00. The predicted molar refractivity (Wildman–Crippen MR) is 82.7 cm³/mol. The normalized spacial score (nSPS) is 33.1. The number of nitrogens with two attached hydrogens (primary N) is 1. The first-order valence-electron chi connectivity index (χ1n) is 8.85. The quantitative estimate of drug-likeness (QED) is 0.864. The lowest BCUT2D eigenvalue weighted by atomic mass is 9.68. The third-order valence-electron chi connectivity index (χ3n) is 6.22. The number of hydrogen-bond donors (Lipinski definition) is 1. The molecule has 3 rings (SSSR count). The van der Waals surface area contributed by atoms with Gasteiger partial charge in [0.15, 0.2) is 0 Å². The van der Waals surface area contributed by atoms with Crippen molar-refractivity contribution in [1.82, 2.24) is 4.90 Å². The second-order valence-corrected chi connectivity index (χ2v) is 7.38. The maximum Gasteiger partial charge on any atom is 0.0509 e. The highest BCUT2D eigenvalue weighted by Crippen LogP contribution is 2.45. The van der Waals surface area contributed by atoms with Gasteiger partial charge in [0.1, 0.15) is 0 Å². The molecule has 116 valence electrons. The number of piperidine rings is 1. The summed E-state index contributed by atoms with van der Waals surface area (Å²) >= 11 is 0. The summed E-state index contributed by atoms with van der Waals surface area (Å²) in [5.74, 6) is 0.675. The zero-order valence-corrected chi connectivity index (χ0v) is 13.0. The maximum absolute atomic E-state index is 6.11. The summed E-state index contributed by atoms with van der Waals surface area (Å²) in [6.07, 6.45) is 12.7. The van der Waals surface area contributed by atoms with Gasteiger partial charge in [-0.2, -0.15) is 0 Å². The molecule has 0 radical (unpaired) electrons. The Morgan fingerprint density at radius 1 is 1.05 bits per heavy atom. The van der Waals surface area contributed by atoms with Gasteiger partial charge in [-0.1, -0.05) is 19.3 Å². The first-order valence-corrected chi connectivity index (χ1v) is 8.85. The van der Waals surface area contributed by atoms with Gasteiger partial charge in [-0.3, -0.25) is 4.90 Å². The number of hydrogen-bond acceptors (Lipinski definition) is 3. The summed E-state index contributed by atoms with van der Waals surface area (Å²) in [5.41, 5.74) is 6.81. The highest BCUT2D eigenvalue weighted by atomic mass is 16.5. The van der Waals surface area contributed by atoms with E-state index in [2.05, 4.69) is 4.90 Å². The minimum absolute atomic E-state index is 0.566. The highest BCUT2D eigenvalue weighted by Gasteiger charge is 2.38. The first-order chi connectivity index (χ1) is 9.83. The van der Waals surface area contributed by atoms with E-state index in [9.17, 15) is 0 Å². The van der Waals surface area contributed by atoms with E-state index < -0.39 is 0 Å². The molecule has 2 atom stereocenters. The van der Waals surface area contributed by atoms with Crippen molar-refractivity contribution in [1.29, 1.82) is 0 Å². The average molecular weight is 280 g/mol. The van der Waals surface area contributed by atoms with Gasteiger partial charge in [-0.15, -0.1) is 0 Å². The van der Waals surface area contributed by atoms with Crippen LogP contribution in [0.2, 0.25) is 0 Å². The molecule has 1 spiro atoms. The van der Waals surface area contributed by atoms with Gasteiger partial charge in [0.2, 0.25) is 0 Å². The van der Waals surface area contributed by atoms with Gasteiger partial charge >= 0.3 is 0 Å². The minimum Gasteiger partial charge on any atom is -0.381 e. The van der Waals surface area contributed by atoms with Crippen LogP contribution in [0.25, 0.3) is 0 Å². The van der Waals surface area contributed by atoms with Crippen LogP contribution in [-0.4, -0.2) is 43.8 Å². The molecule has 1 aliphatic carbocycles. The standard InChI is InChI=1S/C17H32N2O/c18-13-16(15-5-4-12-20-14-15)19-10-8-17(9-11-19)6-2-1-3-7-17/h15-16H,1-14,18H2. The lowest BCUT2D eigenvalue weighted by Gasteiger charge is -2.48. The summed E-state index contributed by atoms with van der Waals surface area (Å²) < 4.78 is 5.68. The molecule has 3 nitrogen and oxygen atoms in total. The molecule has 1 saturated carbocycles. The van der Waals surface area contributed by atoms with Crippen molar-refractivity contribution < 1.29 is 4.74 Å². The summed E-state index contributed by atoms with van der Waals surface area (Å²) in [6, 6.07) is 0.566. The van der Waals surface area contributed by atoms with Crippen LogP contribution < -0.4 is 5.73 Å². The fourth-order valence-electron chi connectivity index (χ4n) is 4.84.